The number of hydrogen-bond donors (Lipinski definition) is 1. The standard InChI is InChI=1S/C10H17F3N2S/c1-7(9(14)16)5-15-4-2-3-8(6-15)10(11,12)13/h7-8H,2-6H2,1H3,(H2,14,16). The number of piperidine rings is 1. The fourth-order valence-electron chi connectivity index (χ4n) is 1.97. The molecule has 1 aliphatic rings. The predicted octanol–water partition coefficient (Wildman–Crippen LogP) is 2.18. The van der Waals surface area contributed by atoms with E-state index >= 15 is 0 Å². The van der Waals surface area contributed by atoms with Crippen molar-refractivity contribution in [2.75, 3.05) is 19.6 Å². The summed E-state index contributed by atoms with van der Waals surface area (Å²) in [5.41, 5.74) is 5.46. The van der Waals surface area contributed by atoms with Crippen LogP contribution in [0.25, 0.3) is 0 Å². The lowest BCUT2D eigenvalue weighted by Crippen LogP contribution is -2.44. The number of nitrogens with zero attached hydrogens (tertiary/aromatic N) is 1. The molecule has 0 saturated carbocycles. The van der Waals surface area contributed by atoms with Gasteiger partial charge in [0.15, 0.2) is 0 Å². The summed E-state index contributed by atoms with van der Waals surface area (Å²) in [6.45, 7) is 3.16. The zero-order valence-corrected chi connectivity index (χ0v) is 10.1. The minimum absolute atomic E-state index is 0.0259. The first-order chi connectivity index (χ1) is 7.30. The maximum atomic E-state index is 12.5. The summed E-state index contributed by atoms with van der Waals surface area (Å²) in [5.74, 6) is -1.22. The van der Waals surface area contributed by atoms with Gasteiger partial charge in [0, 0.05) is 19.0 Å². The minimum Gasteiger partial charge on any atom is -0.393 e. The lowest BCUT2D eigenvalue weighted by atomic mass is 9.96. The molecule has 0 aromatic carbocycles. The molecule has 1 saturated heterocycles. The number of nitrogens with two attached hydrogens (primary N) is 1. The maximum absolute atomic E-state index is 12.5. The van der Waals surface area contributed by atoms with Crippen molar-refractivity contribution >= 4 is 17.2 Å². The fourth-order valence-corrected chi connectivity index (χ4v) is 2.04. The highest BCUT2D eigenvalue weighted by Gasteiger charge is 2.41. The van der Waals surface area contributed by atoms with Gasteiger partial charge >= 0.3 is 6.18 Å². The van der Waals surface area contributed by atoms with E-state index in [-0.39, 0.29) is 18.9 Å². The quantitative estimate of drug-likeness (QED) is 0.783. The largest absolute Gasteiger partial charge is 0.393 e. The van der Waals surface area contributed by atoms with E-state index in [9.17, 15) is 13.2 Å². The first-order valence-electron chi connectivity index (χ1n) is 5.39. The van der Waals surface area contributed by atoms with Crippen molar-refractivity contribution in [3.8, 4) is 0 Å². The van der Waals surface area contributed by atoms with E-state index in [1.807, 2.05) is 11.8 Å². The van der Waals surface area contributed by atoms with Crippen LogP contribution in [0, 0.1) is 11.8 Å². The highest BCUT2D eigenvalue weighted by Crippen LogP contribution is 2.33. The van der Waals surface area contributed by atoms with Crippen LogP contribution in [-0.4, -0.2) is 35.7 Å². The molecular formula is C10H17F3N2S. The second-order valence-corrected chi connectivity index (χ2v) is 4.92. The summed E-state index contributed by atoms with van der Waals surface area (Å²) in [6, 6.07) is 0. The third-order valence-corrected chi connectivity index (χ3v) is 3.39. The summed E-state index contributed by atoms with van der Waals surface area (Å²) in [6.07, 6.45) is -3.25. The zero-order valence-electron chi connectivity index (χ0n) is 9.26. The van der Waals surface area contributed by atoms with Crippen molar-refractivity contribution in [1.82, 2.24) is 4.90 Å². The van der Waals surface area contributed by atoms with E-state index in [2.05, 4.69) is 0 Å². The molecule has 2 N–H and O–H groups in total. The van der Waals surface area contributed by atoms with Crippen molar-refractivity contribution in [2.45, 2.75) is 25.9 Å². The summed E-state index contributed by atoms with van der Waals surface area (Å²) in [5, 5.41) is 0. The van der Waals surface area contributed by atoms with Gasteiger partial charge in [0.1, 0.15) is 0 Å². The number of thiocarbonyl (C=S) groups is 1. The molecular weight excluding hydrogens is 237 g/mol. The van der Waals surface area contributed by atoms with Crippen molar-refractivity contribution in [2.24, 2.45) is 17.6 Å². The first-order valence-corrected chi connectivity index (χ1v) is 5.80. The predicted molar refractivity (Wildman–Crippen MR) is 61.2 cm³/mol. The Morgan fingerprint density at radius 3 is 2.69 bits per heavy atom. The first kappa shape index (κ1) is 13.7. The lowest BCUT2D eigenvalue weighted by Gasteiger charge is -2.34. The van der Waals surface area contributed by atoms with Gasteiger partial charge in [0.25, 0.3) is 0 Å². The summed E-state index contributed by atoms with van der Waals surface area (Å²) in [4.78, 5) is 2.18. The molecule has 94 valence electrons. The molecule has 1 fully saturated rings. The second-order valence-electron chi connectivity index (χ2n) is 4.44. The summed E-state index contributed by atoms with van der Waals surface area (Å²) >= 11 is 4.82. The average Bonchev–Trinajstić information content (AvgIpc) is 2.16. The van der Waals surface area contributed by atoms with Crippen molar-refractivity contribution in [3.63, 3.8) is 0 Å². The molecule has 0 aromatic rings. The van der Waals surface area contributed by atoms with Gasteiger partial charge < -0.3 is 10.6 Å². The van der Waals surface area contributed by atoms with Crippen LogP contribution in [-0.2, 0) is 0 Å². The highest BCUT2D eigenvalue weighted by molar-refractivity contribution is 7.80. The Morgan fingerprint density at radius 2 is 2.19 bits per heavy atom. The Kier molecular flexibility index (Phi) is 4.55. The van der Waals surface area contributed by atoms with Crippen LogP contribution in [0.3, 0.4) is 0 Å². The smallest absolute Gasteiger partial charge is 0.393 e. The van der Waals surface area contributed by atoms with Gasteiger partial charge in [-0.25, -0.2) is 0 Å². The molecule has 1 heterocycles. The van der Waals surface area contributed by atoms with Gasteiger partial charge in [0.2, 0.25) is 0 Å². The molecule has 0 amide bonds. The Hall–Kier alpha value is -0.360. The minimum atomic E-state index is -4.08. The lowest BCUT2D eigenvalue weighted by molar-refractivity contribution is -0.186. The van der Waals surface area contributed by atoms with Crippen molar-refractivity contribution < 1.29 is 13.2 Å². The molecule has 2 unspecified atom stereocenters. The van der Waals surface area contributed by atoms with Crippen molar-refractivity contribution in [1.29, 1.82) is 0 Å². The van der Waals surface area contributed by atoms with Crippen LogP contribution in [0.1, 0.15) is 19.8 Å². The van der Waals surface area contributed by atoms with Gasteiger partial charge in [-0.2, -0.15) is 13.2 Å². The van der Waals surface area contributed by atoms with Crippen LogP contribution in [0.15, 0.2) is 0 Å². The van der Waals surface area contributed by atoms with Crippen molar-refractivity contribution in [3.05, 3.63) is 0 Å². The van der Waals surface area contributed by atoms with Crippen LogP contribution < -0.4 is 5.73 Å². The molecule has 16 heavy (non-hydrogen) atoms. The van der Waals surface area contributed by atoms with Crippen LogP contribution in [0.2, 0.25) is 0 Å². The molecule has 2 atom stereocenters. The Balaban J connectivity index is 2.48. The zero-order chi connectivity index (χ0) is 12.3. The number of hydrogen-bond acceptors (Lipinski definition) is 2. The Bertz CT molecular complexity index is 255. The average molecular weight is 254 g/mol. The van der Waals surface area contributed by atoms with Gasteiger partial charge in [-0.05, 0) is 19.4 Å². The van der Waals surface area contributed by atoms with Gasteiger partial charge in [-0.3, -0.25) is 0 Å². The topological polar surface area (TPSA) is 29.3 Å². The van der Waals surface area contributed by atoms with E-state index in [0.29, 0.717) is 24.5 Å². The third kappa shape index (κ3) is 3.90. The monoisotopic (exact) mass is 254 g/mol. The Morgan fingerprint density at radius 1 is 1.56 bits per heavy atom. The number of halogens is 3. The van der Waals surface area contributed by atoms with E-state index in [4.69, 9.17) is 18.0 Å². The summed E-state index contributed by atoms with van der Waals surface area (Å²) < 4.78 is 37.6. The molecule has 6 heteroatoms. The molecule has 0 aliphatic carbocycles. The number of alkyl halides is 3. The molecule has 1 aliphatic heterocycles. The highest BCUT2D eigenvalue weighted by atomic mass is 32.1. The summed E-state index contributed by atoms with van der Waals surface area (Å²) in [7, 11) is 0. The number of likely N-dealkylation sites (tertiary alicyclic amines) is 1. The van der Waals surface area contributed by atoms with Crippen LogP contribution in [0.5, 0.6) is 0 Å². The maximum Gasteiger partial charge on any atom is 0.393 e. The molecule has 0 spiro atoms. The van der Waals surface area contributed by atoms with Gasteiger partial charge in [-0.15, -0.1) is 0 Å². The SMILES string of the molecule is CC(CN1CCCC(C(F)(F)F)C1)C(N)=S. The van der Waals surface area contributed by atoms with Crippen LogP contribution >= 0.6 is 12.2 Å². The van der Waals surface area contributed by atoms with Gasteiger partial charge in [0.05, 0.1) is 10.9 Å². The normalized spacial score (nSPS) is 25.4. The molecule has 2 nitrogen and oxygen atoms in total. The number of rotatable bonds is 3. The van der Waals surface area contributed by atoms with Gasteiger partial charge in [-0.1, -0.05) is 19.1 Å². The molecule has 0 aromatic heterocycles. The Labute approximate surface area is 99.0 Å². The second kappa shape index (κ2) is 5.31. The molecule has 0 bridgehead atoms. The van der Waals surface area contributed by atoms with E-state index < -0.39 is 12.1 Å². The van der Waals surface area contributed by atoms with E-state index in [1.54, 1.807) is 0 Å². The molecule has 1 rings (SSSR count). The molecule has 0 radical (unpaired) electrons. The van der Waals surface area contributed by atoms with E-state index in [0.717, 1.165) is 0 Å². The fraction of sp³-hybridized carbons (Fsp3) is 0.900. The third-order valence-electron chi connectivity index (χ3n) is 2.99. The van der Waals surface area contributed by atoms with Crippen LogP contribution in [0.4, 0.5) is 13.2 Å². The van der Waals surface area contributed by atoms with E-state index in [1.165, 1.54) is 0 Å².